The molecule has 0 amide bonds. The summed E-state index contributed by atoms with van der Waals surface area (Å²) in [6.45, 7) is 0.640. The van der Waals surface area contributed by atoms with E-state index in [2.05, 4.69) is 4.98 Å². The molecule has 12 heavy (non-hydrogen) atoms. The largest absolute Gasteiger partial charge is 0.871 e. The highest BCUT2D eigenvalue weighted by Gasteiger charge is 2.00. The second kappa shape index (κ2) is 3.51. The summed E-state index contributed by atoms with van der Waals surface area (Å²) in [5, 5.41) is 30.5. The van der Waals surface area contributed by atoms with Crippen LogP contribution in [0.2, 0.25) is 0 Å². The molecule has 0 unspecified atom stereocenters. The summed E-state index contributed by atoms with van der Waals surface area (Å²) in [5.41, 5.74) is 0.767. The number of aliphatic hydroxyl groups excluding tert-OH is 1. The number of aliphatic hydroxyl groups is 1. The van der Waals surface area contributed by atoms with Crippen LogP contribution in [-0.2, 0) is 13.2 Å². The van der Waals surface area contributed by atoms with E-state index in [1.807, 2.05) is 0 Å². The van der Waals surface area contributed by atoms with Gasteiger partial charge in [0.15, 0.2) is 0 Å². The van der Waals surface area contributed by atoms with Crippen molar-refractivity contribution in [2.24, 2.45) is 0 Å². The predicted molar refractivity (Wildman–Crippen MR) is 38.0 cm³/mol. The lowest BCUT2D eigenvalue weighted by atomic mass is 10.1. The second-order valence-corrected chi connectivity index (χ2v) is 2.48. The zero-order valence-corrected chi connectivity index (χ0v) is 6.70. The number of aromatic nitrogens is 1. The fourth-order valence-electron chi connectivity index (χ4n) is 0.970. The fourth-order valence-corrected chi connectivity index (χ4v) is 0.970. The van der Waals surface area contributed by atoms with E-state index in [0.29, 0.717) is 11.3 Å². The van der Waals surface area contributed by atoms with Crippen LogP contribution in [0.3, 0.4) is 0 Å². The molecule has 0 aliphatic heterocycles. The highest BCUT2D eigenvalue weighted by molar-refractivity contribution is 5.38. The molecule has 1 rings (SSSR count). The quantitative estimate of drug-likeness (QED) is 0.601. The summed E-state index contributed by atoms with van der Waals surface area (Å²) in [6, 6.07) is 0. The van der Waals surface area contributed by atoms with Crippen molar-refractivity contribution in [2.45, 2.75) is 20.1 Å². The van der Waals surface area contributed by atoms with Crippen molar-refractivity contribution >= 4 is 0 Å². The van der Waals surface area contributed by atoms with Gasteiger partial charge in [-0.25, -0.2) is 0 Å². The van der Waals surface area contributed by atoms with Gasteiger partial charge < -0.3 is 15.3 Å². The van der Waals surface area contributed by atoms with Crippen LogP contribution in [0.1, 0.15) is 16.8 Å². The van der Waals surface area contributed by atoms with Crippen molar-refractivity contribution in [1.82, 2.24) is 4.98 Å². The summed E-state index contributed by atoms with van der Waals surface area (Å²) in [4.78, 5) is 3.75. The molecule has 0 aromatic carbocycles. The molecule has 1 N–H and O–H groups in total. The van der Waals surface area contributed by atoms with Crippen molar-refractivity contribution in [3.05, 3.63) is 23.0 Å². The average Bonchev–Trinajstić information content (AvgIpc) is 2.09. The van der Waals surface area contributed by atoms with Gasteiger partial charge in [0.05, 0.1) is 6.61 Å². The SMILES string of the molecule is Cc1ncc(CO)c(C[O-])c1[O-]. The minimum atomic E-state index is -0.599. The van der Waals surface area contributed by atoms with Gasteiger partial charge in [-0.05, 0) is 12.5 Å². The molecule has 0 aliphatic carbocycles. The van der Waals surface area contributed by atoms with Crippen molar-refractivity contribution < 1.29 is 15.3 Å². The van der Waals surface area contributed by atoms with E-state index in [0.717, 1.165) is 0 Å². The predicted octanol–water partition coefficient (Wildman–Crippen LogP) is -1.18. The normalized spacial score (nSPS) is 10.2. The lowest BCUT2D eigenvalue weighted by molar-refractivity contribution is -0.389. The summed E-state index contributed by atoms with van der Waals surface area (Å²) >= 11 is 0. The van der Waals surface area contributed by atoms with Gasteiger partial charge in [0.25, 0.3) is 0 Å². The molecule has 0 atom stereocenters. The van der Waals surface area contributed by atoms with Crippen LogP contribution < -0.4 is 10.2 Å². The summed E-state index contributed by atoms with van der Waals surface area (Å²) in [7, 11) is 0. The Labute approximate surface area is 70.1 Å². The van der Waals surface area contributed by atoms with Crippen molar-refractivity contribution in [3.63, 3.8) is 0 Å². The molecule has 0 radical (unpaired) electrons. The molecule has 0 saturated heterocycles. The molecule has 0 aliphatic rings. The molecule has 4 heteroatoms. The Kier molecular flexibility index (Phi) is 2.62. The topological polar surface area (TPSA) is 79.2 Å². The first-order valence-electron chi connectivity index (χ1n) is 3.54. The van der Waals surface area contributed by atoms with E-state index in [4.69, 9.17) is 5.11 Å². The van der Waals surface area contributed by atoms with Crippen LogP contribution in [0.4, 0.5) is 0 Å². The highest BCUT2D eigenvalue weighted by atomic mass is 16.3. The monoisotopic (exact) mass is 167 g/mol. The van der Waals surface area contributed by atoms with Crippen molar-refractivity contribution in [1.29, 1.82) is 0 Å². The van der Waals surface area contributed by atoms with Crippen LogP contribution in [0, 0.1) is 6.92 Å². The van der Waals surface area contributed by atoms with Crippen LogP contribution in [0.5, 0.6) is 5.75 Å². The Balaban J connectivity index is 3.25. The number of pyridine rings is 1. The Morgan fingerprint density at radius 1 is 1.58 bits per heavy atom. The minimum absolute atomic E-state index is 0.130. The Morgan fingerprint density at radius 3 is 2.75 bits per heavy atom. The Bertz CT molecular complexity index is 286. The first-order chi connectivity index (χ1) is 5.70. The standard InChI is InChI=1S/C8H10NO3/c1-5-8(12)7(4-11)6(3-10)2-9-5/h2,10,12H,3-4H2,1H3/q-1/p-1. The molecular formula is C8H9NO3-2. The van der Waals surface area contributed by atoms with Gasteiger partial charge in [-0.3, -0.25) is 4.98 Å². The molecule has 1 aromatic rings. The first-order valence-corrected chi connectivity index (χ1v) is 3.54. The Morgan fingerprint density at radius 2 is 2.25 bits per heavy atom. The summed E-state index contributed by atoms with van der Waals surface area (Å²) < 4.78 is 0. The lowest BCUT2D eigenvalue weighted by Crippen LogP contribution is -2.12. The van der Waals surface area contributed by atoms with E-state index < -0.39 is 6.61 Å². The zero-order valence-electron chi connectivity index (χ0n) is 6.70. The number of hydrogen-bond donors (Lipinski definition) is 1. The zero-order chi connectivity index (χ0) is 9.14. The van der Waals surface area contributed by atoms with E-state index in [-0.39, 0.29) is 17.9 Å². The van der Waals surface area contributed by atoms with E-state index in [9.17, 15) is 10.2 Å². The lowest BCUT2D eigenvalue weighted by Gasteiger charge is -2.20. The molecule has 1 aromatic heterocycles. The van der Waals surface area contributed by atoms with Crippen LogP contribution in [0.15, 0.2) is 6.20 Å². The number of aryl methyl sites for hydroxylation is 1. The van der Waals surface area contributed by atoms with Gasteiger partial charge in [-0.15, -0.1) is 6.61 Å². The van der Waals surface area contributed by atoms with Crippen LogP contribution >= 0.6 is 0 Å². The van der Waals surface area contributed by atoms with E-state index in [1.165, 1.54) is 6.20 Å². The smallest absolute Gasteiger partial charge is 0.0698 e. The van der Waals surface area contributed by atoms with Crippen molar-refractivity contribution in [2.75, 3.05) is 0 Å². The molecule has 0 bridgehead atoms. The molecule has 0 spiro atoms. The molecular weight excluding hydrogens is 158 g/mol. The van der Waals surface area contributed by atoms with E-state index >= 15 is 0 Å². The fraction of sp³-hybridized carbons (Fsp3) is 0.375. The van der Waals surface area contributed by atoms with Gasteiger partial charge in [0, 0.05) is 11.9 Å². The molecule has 1 heterocycles. The van der Waals surface area contributed by atoms with E-state index in [1.54, 1.807) is 6.92 Å². The van der Waals surface area contributed by atoms with Gasteiger partial charge in [0.1, 0.15) is 0 Å². The third-order valence-corrected chi connectivity index (χ3v) is 1.72. The number of nitrogens with zero attached hydrogens (tertiary/aromatic N) is 1. The van der Waals surface area contributed by atoms with Gasteiger partial charge in [0.2, 0.25) is 0 Å². The van der Waals surface area contributed by atoms with Crippen molar-refractivity contribution in [3.8, 4) is 5.75 Å². The maximum atomic E-state index is 11.2. The number of rotatable bonds is 2. The third-order valence-electron chi connectivity index (χ3n) is 1.72. The first kappa shape index (κ1) is 8.96. The second-order valence-electron chi connectivity index (χ2n) is 2.48. The highest BCUT2D eigenvalue weighted by Crippen LogP contribution is 2.19. The average molecular weight is 167 g/mol. The minimum Gasteiger partial charge on any atom is -0.871 e. The van der Waals surface area contributed by atoms with Crippen LogP contribution in [-0.4, -0.2) is 10.1 Å². The number of hydrogen-bond acceptors (Lipinski definition) is 4. The maximum absolute atomic E-state index is 11.2. The summed E-state index contributed by atoms with van der Waals surface area (Å²) in [6.07, 6.45) is 1.37. The van der Waals surface area contributed by atoms with Crippen LogP contribution in [0.25, 0.3) is 0 Å². The van der Waals surface area contributed by atoms with Gasteiger partial charge in [-0.2, -0.15) is 0 Å². The Hall–Kier alpha value is -1.13. The molecule has 0 saturated carbocycles. The van der Waals surface area contributed by atoms with Gasteiger partial charge >= 0.3 is 0 Å². The van der Waals surface area contributed by atoms with Gasteiger partial charge in [-0.1, -0.05) is 11.3 Å². The summed E-state index contributed by atoms with van der Waals surface area (Å²) in [5.74, 6) is -0.350. The molecule has 4 nitrogen and oxygen atoms in total. The molecule has 66 valence electrons. The maximum Gasteiger partial charge on any atom is 0.0698 e. The molecule has 0 fully saturated rings. The third kappa shape index (κ3) is 1.39.